The molecular weight excluding hydrogens is 310 g/mol. The average molecular weight is 324 g/mol. The van der Waals surface area contributed by atoms with Gasteiger partial charge in [0, 0.05) is 10.2 Å². The number of aryl methyl sites for hydroxylation is 1. The van der Waals surface area contributed by atoms with Crippen molar-refractivity contribution in [3.63, 3.8) is 0 Å². The van der Waals surface area contributed by atoms with E-state index in [1.165, 1.54) is 0 Å². The minimum atomic E-state index is -0.503. The van der Waals surface area contributed by atoms with Gasteiger partial charge >= 0.3 is 5.97 Å². The topological polar surface area (TPSA) is 70.1 Å². The van der Waals surface area contributed by atoms with Crippen molar-refractivity contribution in [2.45, 2.75) is 13.8 Å². The van der Waals surface area contributed by atoms with E-state index in [1.807, 2.05) is 24.3 Å². The quantitative estimate of drug-likeness (QED) is 0.881. The summed E-state index contributed by atoms with van der Waals surface area (Å²) in [7, 11) is 0. The average Bonchev–Trinajstić information content (AvgIpc) is 2.65. The molecule has 0 aliphatic heterocycles. The Morgan fingerprint density at radius 2 is 2.26 bits per heavy atom. The Bertz CT molecular complexity index is 622. The van der Waals surface area contributed by atoms with Gasteiger partial charge in [0.05, 0.1) is 6.61 Å². The molecule has 0 saturated heterocycles. The number of nitrogen functional groups attached to an aromatic ring is 1. The molecule has 1 heterocycles. The van der Waals surface area contributed by atoms with E-state index in [4.69, 9.17) is 10.5 Å². The molecule has 0 atom stereocenters. The van der Waals surface area contributed by atoms with E-state index in [-0.39, 0.29) is 11.5 Å². The summed E-state index contributed by atoms with van der Waals surface area (Å²) in [5, 5.41) is 0. The molecule has 2 aromatic rings. The molecule has 0 bridgehead atoms. The molecule has 5 nitrogen and oxygen atoms in total. The van der Waals surface area contributed by atoms with Crippen molar-refractivity contribution in [2.24, 2.45) is 0 Å². The number of hydrogen-bond acceptors (Lipinski definition) is 4. The highest BCUT2D eigenvalue weighted by molar-refractivity contribution is 9.10. The standard InChI is InChI=1S/C13H14BrN3O2/c1-3-19-13(18)11-12(15)17(8(2)16-11)10-6-4-5-9(14)7-10/h4-7H,3,15H2,1-2H3. The number of ether oxygens (including phenoxy) is 1. The molecule has 0 radical (unpaired) electrons. The Morgan fingerprint density at radius 3 is 2.89 bits per heavy atom. The fraction of sp³-hybridized carbons (Fsp3) is 0.231. The smallest absolute Gasteiger partial charge is 0.360 e. The van der Waals surface area contributed by atoms with Gasteiger partial charge in [-0.15, -0.1) is 0 Å². The molecule has 0 aliphatic carbocycles. The van der Waals surface area contributed by atoms with Crippen molar-refractivity contribution in [3.8, 4) is 5.69 Å². The second kappa shape index (κ2) is 5.44. The number of aromatic nitrogens is 2. The molecule has 0 spiro atoms. The van der Waals surface area contributed by atoms with Crippen molar-refractivity contribution in [2.75, 3.05) is 12.3 Å². The van der Waals surface area contributed by atoms with Crippen LogP contribution in [0.5, 0.6) is 0 Å². The van der Waals surface area contributed by atoms with E-state index < -0.39 is 5.97 Å². The summed E-state index contributed by atoms with van der Waals surface area (Å²) in [5.74, 6) is 0.421. The van der Waals surface area contributed by atoms with Gasteiger partial charge in [-0.2, -0.15) is 0 Å². The normalized spacial score (nSPS) is 10.5. The second-order valence-corrected chi connectivity index (χ2v) is 4.84. The van der Waals surface area contributed by atoms with Gasteiger partial charge in [-0.25, -0.2) is 9.78 Å². The van der Waals surface area contributed by atoms with Crippen LogP contribution in [0.25, 0.3) is 5.69 Å². The monoisotopic (exact) mass is 323 g/mol. The number of anilines is 1. The predicted octanol–water partition coefficient (Wildman–Crippen LogP) is 2.70. The highest BCUT2D eigenvalue weighted by atomic mass is 79.9. The van der Waals surface area contributed by atoms with Gasteiger partial charge in [0.2, 0.25) is 0 Å². The lowest BCUT2D eigenvalue weighted by Crippen LogP contribution is -2.09. The highest BCUT2D eigenvalue weighted by Gasteiger charge is 2.20. The lowest BCUT2D eigenvalue weighted by Gasteiger charge is -2.08. The first-order valence-electron chi connectivity index (χ1n) is 5.82. The van der Waals surface area contributed by atoms with Gasteiger partial charge in [-0.3, -0.25) is 4.57 Å². The zero-order valence-corrected chi connectivity index (χ0v) is 12.3. The summed E-state index contributed by atoms with van der Waals surface area (Å²) >= 11 is 3.40. The maximum Gasteiger partial charge on any atom is 0.360 e. The van der Waals surface area contributed by atoms with E-state index in [9.17, 15) is 4.79 Å². The second-order valence-electron chi connectivity index (χ2n) is 3.93. The molecule has 6 heteroatoms. The summed E-state index contributed by atoms with van der Waals surface area (Å²) in [6, 6.07) is 7.60. The van der Waals surface area contributed by atoms with Gasteiger partial charge in [-0.1, -0.05) is 22.0 Å². The summed E-state index contributed by atoms with van der Waals surface area (Å²) in [5.41, 5.74) is 6.99. The van der Waals surface area contributed by atoms with Gasteiger partial charge in [0.25, 0.3) is 0 Å². The van der Waals surface area contributed by atoms with Crippen LogP contribution < -0.4 is 5.73 Å². The van der Waals surface area contributed by atoms with E-state index in [0.717, 1.165) is 10.2 Å². The molecule has 0 amide bonds. The summed E-state index contributed by atoms with van der Waals surface area (Å²) in [4.78, 5) is 15.9. The number of imidazole rings is 1. The maximum absolute atomic E-state index is 11.7. The molecule has 0 fully saturated rings. The number of nitrogens with two attached hydrogens (primary N) is 1. The van der Waals surface area contributed by atoms with Crippen LogP contribution in [0.1, 0.15) is 23.2 Å². The molecule has 0 aliphatic rings. The first kappa shape index (κ1) is 13.6. The van der Waals surface area contributed by atoms with Crippen molar-refractivity contribution in [1.82, 2.24) is 9.55 Å². The maximum atomic E-state index is 11.7. The number of carbonyl (C=O) groups is 1. The van der Waals surface area contributed by atoms with Crippen LogP contribution in [0.4, 0.5) is 5.82 Å². The van der Waals surface area contributed by atoms with Crippen molar-refractivity contribution in [1.29, 1.82) is 0 Å². The zero-order valence-electron chi connectivity index (χ0n) is 10.7. The summed E-state index contributed by atoms with van der Waals surface area (Å²) < 4.78 is 7.58. The van der Waals surface area contributed by atoms with E-state index in [2.05, 4.69) is 20.9 Å². The molecule has 1 aromatic carbocycles. The van der Waals surface area contributed by atoms with Crippen molar-refractivity contribution < 1.29 is 9.53 Å². The lowest BCUT2D eigenvalue weighted by molar-refractivity contribution is 0.0521. The van der Waals surface area contributed by atoms with Crippen LogP contribution in [0.15, 0.2) is 28.7 Å². The van der Waals surface area contributed by atoms with Crippen LogP contribution in [-0.2, 0) is 4.74 Å². The van der Waals surface area contributed by atoms with Crippen LogP contribution in [0.2, 0.25) is 0 Å². The molecule has 2 N–H and O–H groups in total. The van der Waals surface area contributed by atoms with Crippen LogP contribution >= 0.6 is 15.9 Å². The number of esters is 1. The fourth-order valence-corrected chi connectivity index (χ4v) is 2.23. The molecule has 0 unspecified atom stereocenters. The predicted molar refractivity (Wildman–Crippen MR) is 76.4 cm³/mol. The Balaban J connectivity index is 2.51. The van der Waals surface area contributed by atoms with Crippen LogP contribution in [0, 0.1) is 6.92 Å². The Morgan fingerprint density at radius 1 is 1.53 bits per heavy atom. The van der Waals surface area contributed by atoms with Crippen LogP contribution in [0.3, 0.4) is 0 Å². The Kier molecular flexibility index (Phi) is 3.90. The van der Waals surface area contributed by atoms with E-state index in [0.29, 0.717) is 12.4 Å². The summed E-state index contributed by atoms with van der Waals surface area (Å²) in [6.45, 7) is 3.83. The van der Waals surface area contributed by atoms with Crippen LogP contribution in [-0.4, -0.2) is 22.1 Å². The molecule has 19 heavy (non-hydrogen) atoms. The molecule has 1 aromatic heterocycles. The van der Waals surface area contributed by atoms with Crippen molar-refractivity contribution in [3.05, 3.63) is 40.3 Å². The number of hydrogen-bond donors (Lipinski definition) is 1. The number of halogens is 1. The van der Waals surface area contributed by atoms with E-state index >= 15 is 0 Å². The molecule has 0 saturated carbocycles. The zero-order chi connectivity index (χ0) is 14.0. The Hall–Kier alpha value is -1.82. The minimum Gasteiger partial charge on any atom is -0.461 e. The summed E-state index contributed by atoms with van der Waals surface area (Å²) in [6.07, 6.45) is 0. The highest BCUT2D eigenvalue weighted by Crippen LogP contribution is 2.23. The number of nitrogens with zero attached hydrogens (tertiary/aromatic N) is 2. The lowest BCUT2D eigenvalue weighted by atomic mass is 10.3. The minimum absolute atomic E-state index is 0.152. The first-order valence-corrected chi connectivity index (χ1v) is 6.61. The number of rotatable bonds is 3. The van der Waals surface area contributed by atoms with Gasteiger partial charge < -0.3 is 10.5 Å². The fourth-order valence-electron chi connectivity index (χ4n) is 1.84. The molecule has 2 rings (SSSR count). The first-order chi connectivity index (χ1) is 9.04. The molecule has 100 valence electrons. The number of benzene rings is 1. The number of carbonyl (C=O) groups excluding carboxylic acids is 1. The Labute approximate surface area is 119 Å². The SMILES string of the molecule is CCOC(=O)c1nc(C)n(-c2cccc(Br)c2)c1N. The third-order valence-electron chi connectivity index (χ3n) is 2.62. The van der Waals surface area contributed by atoms with Gasteiger partial charge in [0.1, 0.15) is 11.6 Å². The van der Waals surface area contributed by atoms with E-state index in [1.54, 1.807) is 18.4 Å². The van der Waals surface area contributed by atoms with Gasteiger partial charge in [0.15, 0.2) is 5.69 Å². The third kappa shape index (κ3) is 2.63. The molecular formula is C13H14BrN3O2. The largest absolute Gasteiger partial charge is 0.461 e. The third-order valence-corrected chi connectivity index (χ3v) is 3.11. The van der Waals surface area contributed by atoms with Gasteiger partial charge in [-0.05, 0) is 32.0 Å². The van der Waals surface area contributed by atoms with Crippen molar-refractivity contribution >= 4 is 27.7 Å².